The molecule has 0 aromatic heterocycles. The molecule has 0 heterocycles. The molecule has 0 unspecified atom stereocenters. The number of nitrogens with zero attached hydrogens (tertiary/aromatic N) is 1. The van der Waals surface area contributed by atoms with E-state index in [9.17, 15) is 4.79 Å². The van der Waals surface area contributed by atoms with E-state index in [-0.39, 0.29) is 13.3 Å². The van der Waals surface area contributed by atoms with Gasteiger partial charge in [-0.05, 0) is 0 Å². The lowest BCUT2D eigenvalue weighted by atomic mass is 10.6. The van der Waals surface area contributed by atoms with E-state index < -0.39 is 0 Å². The largest absolute Gasteiger partial charge is 0.395 e. The molecule has 0 aliphatic heterocycles. The monoisotopic (exact) mass is 118 g/mol. The summed E-state index contributed by atoms with van der Waals surface area (Å²) in [6.07, 6.45) is 0.607. The van der Waals surface area contributed by atoms with Crippen molar-refractivity contribution in [1.29, 1.82) is 0 Å². The van der Waals surface area contributed by atoms with Gasteiger partial charge in [-0.15, -0.1) is 0 Å². The molecule has 0 fully saturated rings. The minimum atomic E-state index is -0.0318. The zero-order valence-corrected chi connectivity index (χ0v) is 4.58. The maximum atomic E-state index is 9.86. The van der Waals surface area contributed by atoms with Gasteiger partial charge in [0.05, 0.1) is 13.3 Å². The van der Waals surface area contributed by atoms with Gasteiger partial charge >= 0.3 is 0 Å². The molecule has 1 amide bonds. The molecule has 0 aliphatic carbocycles. The maximum absolute atomic E-state index is 9.86. The second-order valence-electron chi connectivity index (χ2n) is 1.32. The number of nitrogens with two attached hydrogens (primary N) is 1. The number of rotatable bonds is 4. The quantitative estimate of drug-likeness (QED) is 0.343. The number of aliphatic hydroxyl groups is 1. The lowest BCUT2D eigenvalue weighted by molar-refractivity contribution is -0.118. The summed E-state index contributed by atoms with van der Waals surface area (Å²) in [5, 5.41) is 8.24. The molecule has 0 radical (unpaired) electrons. The predicted octanol–water partition coefficient (Wildman–Crippen LogP) is -1.65. The fourth-order valence-corrected chi connectivity index (χ4v) is 0.315. The summed E-state index contributed by atoms with van der Waals surface area (Å²) in [6, 6.07) is 0. The van der Waals surface area contributed by atoms with E-state index in [1.54, 1.807) is 0 Å². The third-order valence-corrected chi connectivity index (χ3v) is 0.771. The van der Waals surface area contributed by atoms with Gasteiger partial charge in [0.25, 0.3) is 0 Å². The first-order valence-corrected chi connectivity index (χ1v) is 2.35. The Morgan fingerprint density at radius 3 is 2.50 bits per heavy atom. The standard InChI is InChI=1S/C4H10N2O2/c5-3-6(4-8)1-2-7/h4,7H,1-3,5H2. The fraction of sp³-hybridized carbons (Fsp3) is 0.750. The Balaban J connectivity index is 3.21. The molecule has 4 nitrogen and oxygen atoms in total. The highest BCUT2D eigenvalue weighted by atomic mass is 16.3. The van der Waals surface area contributed by atoms with Gasteiger partial charge in [-0.2, -0.15) is 0 Å². The Kier molecular flexibility index (Phi) is 4.20. The molecule has 0 saturated heterocycles. The van der Waals surface area contributed by atoms with Crippen LogP contribution in [0, 0.1) is 0 Å². The van der Waals surface area contributed by atoms with Crippen LogP contribution in [0.2, 0.25) is 0 Å². The van der Waals surface area contributed by atoms with Crippen molar-refractivity contribution in [2.45, 2.75) is 0 Å². The van der Waals surface area contributed by atoms with Gasteiger partial charge in [0.15, 0.2) is 0 Å². The smallest absolute Gasteiger partial charge is 0.210 e. The van der Waals surface area contributed by atoms with E-state index >= 15 is 0 Å². The number of hydrogen-bond acceptors (Lipinski definition) is 3. The van der Waals surface area contributed by atoms with Crippen molar-refractivity contribution in [3.05, 3.63) is 0 Å². The molecule has 0 atom stereocenters. The highest BCUT2D eigenvalue weighted by molar-refractivity contribution is 5.46. The normalized spacial score (nSPS) is 8.75. The SMILES string of the molecule is NCN(C=O)CCO. The third kappa shape index (κ3) is 2.54. The molecule has 8 heavy (non-hydrogen) atoms. The Morgan fingerprint density at radius 1 is 1.75 bits per heavy atom. The van der Waals surface area contributed by atoms with Gasteiger partial charge in [-0.3, -0.25) is 4.79 Å². The lowest BCUT2D eigenvalue weighted by Gasteiger charge is -2.10. The Morgan fingerprint density at radius 2 is 2.38 bits per heavy atom. The van der Waals surface area contributed by atoms with E-state index in [1.165, 1.54) is 4.90 Å². The van der Waals surface area contributed by atoms with Crippen LogP contribution in [0.4, 0.5) is 0 Å². The van der Waals surface area contributed by atoms with Crippen LogP contribution in [0.3, 0.4) is 0 Å². The van der Waals surface area contributed by atoms with Crippen molar-refractivity contribution in [1.82, 2.24) is 4.90 Å². The molecular weight excluding hydrogens is 108 g/mol. The molecule has 0 rings (SSSR count). The van der Waals surface area contributed by atoms with Gasteiger partial charge in [-0.1, -0.05) is 0 Å². The fourth-order valence-electron chi connectivity index (χ4n) is 0.315. The Bertz CT molecular complexity index is 67.1. The molecule has 0 aromatic rings. The number of carbonyl (C=O) groups is 1. The summed E-state index contributed by atoms with van der Waals surface area (Å²) in [4.78, 5) is 11.1. The van der Waals surface area contributed by atoms with E-state index in [0.717, 1.165) is 0 Å². The third-order valence-electron chi connectivity index (χ3n) is 0.771. The molecular formula is C4H10N2O2. The predicted molar refractivity (Wildman–Crippen MR) is 28.9 cm³/mol. The number of aliphatic hydroxyl groups excluding tert-OH is 1. The molecule has 3 N–H and O–H groups in total. The average molecular weight is 118 g/mol. The number of amides is 1. The second-order valence-corrected chi connectivity index (χ2v) is 1.32. The Labute approximate surface area is 47.9 Å². The van der Waals surface area contributed by atoms with Crippen LogP contribution in [-0.4, -0.2) is 36.2 Å². The molecule has 0 saturated carbocycles. The summed E-state index contributed by atoms with van der Waals surface area (Å²) < 4.78 is 0. The zero-order chi connectivity index (χ0) is 6.41. The van der Waals surface area contributed by atoms with Crippen LogP contribution in [-0.2, 0) is 4.79 Å². The van der Waals surface area contributed by atoms with Gasteiger partial charge in [-0.25, -0.2) is 0 Å². The van der Waals surface area contributed by atoms with Crippen molar-refractivity contribution < 1.29 is 9.90 Å². The minimum absolute atomic E-state index is 0.0318. The first-order valence-electron chi connectivity index (χ1n) is 2.35. The lowest BCUT2D eigenvalue weighted by Crippen LogP contribution is -2.30. The number of carbonyl (C=O) groups excluding carboxylic acids is 1. The first kappa shape index (κ1) is 7.39. The Hall–Kier alpha value is -0.610. The van der Waals surface area contributed by atoms with Crippen LogP contribution in [0.15, 0.2) is 0 Å². The molecule has 0 aromatic carbocycles. The van der Waals surface area contributed by atoms with Crippen LogP contribution in [0.25, 0.3) is 0 Å². The highest BCUT2D eigenvalue weighted by Crippen LogP contribution is 1.72. The van der Waals surface area contributed by atoms with E-state index in [4.69, 9.17) is 10.8 Å². The molecule has 0 aliphatic rings. The van der Waals surface area contributed by atoms with Crippen LogP contribution >= 0.6 is 0 Å². The highest BCUT2D eigenvalue weighted by Gasteiger charge is 1.92. The number of hydrogen-bond donors (Lipinski definition) is 2. The van der Waals surface area contributed by atoms with Gasteiger partial charge in [0.2, 0.25) is 6.41 Å². The second kappa shape index (κ2) is 4.55. The molecule has 0 spiro atoms. The maximum Gasteiger partial charge on any atom is 0.210 e. The summed E-state index contributed by atoms with van der Waals surface area (Å²) in [5.74, 6) is 0. The van der Waals surface area contributed by atoms with Crippen molar-refractivity contribution in [3.8, 4) is 0 Å². The summed E-state index contributed by atoms with van der Waals surface area (Å²) in [6.45, 7) is 0.458. The van der Waals surface area contributed by atoms with E-state index in [1.807, 2.05) is 0 Å². The van der Waals surface area contributed by atoms with Crippen LogP contribution in [0.5, 0.6) is 0 Å². The van der Waals surface area contributed by atoms with Gasteiger partial charge in [0.1, 0.15) is 0 Å². The topological polar surface area (TPSA) is 66.6 Å². The van der Waals surface area contributed by atoms with E-state index in [2.05, 4.69) is 0 Å². The summed E-state index contributed by atoms with van der Waals surface area (Å²) in [7, 11) is 0. The van der Waals surface area contributed by atoms with Gasteiger partial charge in [0, 0.05) is 6.54 Å². The minimum Gasteiger partial charge on any atom is -0.395 e. The van der Waals surface area contributed by atoms with Crippen molar-refractivity contribution >= 4 is 6.41 Å². The molecule has 0 bridgehead atoms. The average Bonchev–Trinajstić information content (AvgIpc) is 1.83. The summed E-state index contributed by atoms with van der Waals surface area (Å²) >= 11 is 0. The molecule has 48 valence electrons. The van der Waals surface area contributed by atoms with Crippen molar-refractivity contribution in [2.75, 3.05) is 19.8 Å². The van der Waals surface area contributed by atoms with Gasteiger partial charge < -0.3 is 15.7 Å². The van der Waals surface area contributed by atoms with Crippen molar-refractivity contribution in [2.24, 2.45) is 5.73 Å². The van der Waals surface area contributed by atoms with Crippen molar-refractivity contribution in [3.63, 3.8) is 0 Å². The van der Waals surface area contributed by atoms with Crippen LogP contribution < -0.4 is 5.73 Å². The van der Waals surface area contributed by atoms with Crippen LogP contribution in [0.1, 0.15) is 0 Å². The first-order chi connectivity index (χ1) is 3.85. The van der Waals surface area contributed by atoms with E-state index in [0.29, 0.717) is 13.0 Å². The molecule has 4 heteroatoms. The summed E-state index contributed by atoms with van der Waals surface area (Å²) in [5.41, 5.74) is 5.05. The zero-order valence-electron chi connectivity index (χ0n) is 4.58.